The number of aromatic nitrogens is 2. The summed E-state index contributed by atoms with van der Waals surface area (Å²) >= 11 is 6.02. The lowest BCUT2D eigenvalue weighted by Crippen LogP contribution is -2.22. The lowest BCUT2D eigenvalue weighted by Gasteiger charge is -2.18. The molecule has 1 aliphatic carbocycles. The lowest BCUT2D eigenvalue weighted by molar-refractivity contribution is 0.554. The fourth-order valence-electron chi connectivity index (χ4n) is 2.42. The van der Waals surface area contributed by atoms with Crippen molar-refractivity contribution in [3.63, 3.8) is 0 Å². The zero-order valence-electron chi connectivity index (χ0n) is 10.5. The van der Waals surface area contributed by atoms with E-state index in [-0.39, 0.29) is 0 Å². The van der Waals surface area contributed by atoms with E-state index in [0.29, 0.717) is 11.2 Å². The van der Waals surface area contributed by atoms with Crippen molar-refractivity contribution in [2.45, 2.75) is 52.0 Å². The number of halogens is 1. The molecule has 1 fully saturated rings. The Balaban J connectivity index is 2.09. The number of anilines is 1. The molecule has 1 heterocycles. The van der Waals surface area contributed by atoms with Gasteiger partial charge in [-0.05, 0) is 25.2 Å². The number of nitrogens with one attached hydrogen (secondary N) is 1. The first-order valence-corrected chi connectivity index (χ1v) is 6.87. The average molecular weight is 254 g/mol. The normalized spacial score (nSPS) is 23.9. The summed E-state index contributed by atoms with van der Waals surface area (Å²) in [5, 5.41) is 4.03. The second kappa shape index (κ2) is 5.67. The van der Waals surface area contributed by atoms with E-state index in [9.17, 15) is 0 Å². The van der Waals surface area contributed by atoms with Crippen molar-refractivity contribution >= 4 is 17.4 Å². The van der Waals surface area contributed by atoms with Gasteiger partial charge in [-0.2, -0.15) is 0 Å². The highest BCUT2D eigenvalue weighted by atomic mass is 35.5. The lowest BCUT2D eigenvalue weighted by atomic mass is 10.1. The smallest absolute Gasteiger partial charge is 0.134 e. The summed E-state index contributed by atoms with van der Waals surface area (Å²) in [5.74, 6) is 2.44. The molecule has 0 aromatic carbocycles. The van der Waals surface area contributed by atoms with E-state index in [2.05, 4.69) is 29.1 Å². The predicted octanol–water partition coefficient (Wildman–Crippen LogP) is 3.68. The van der Waals surface area contributed by atoms with Gasteiger partial charge in [0.05, 0.1) is 0 Å². The molecule has 2 unspecified atom stereocenters. The van der Waals surface area contributed by atoms with Crippen LogP contribution in [0.15, 0.2) is 6.07 Å². The standard InChI is InChI=1S/C13H20ClN3/c1-3-5-12-16-11(14)8-13(17-12)15-10-7-4-6-9(10)2/h8-10H,3-7H2,1-2H3,(H,15,16,17). The SMILES string of the molecule is CCCc1nc(Cl)cc(NC2CCCC2C)n1. The minimum absolute atomic E-state index is 0.537. The molecule has 0 spiro atoms. The van der Waals surface area contributed by atoms with Crippen LogP contribution in [-0.4, -0.2) is 16.0 Å². The summed E-state index contributed by atoms with van der Waals surface area (Å²) in [6, 6.07) is 2.36. The molecule has 2 atom stereocenters. The number of nitrogens with zero attached hydrogens (tertiary/aromatic N) is 2. The van der Waals surface area contributed by atoms with Gasteiger partial charge in [-0.1, -0.05) is 31.9 Å². The fraction of sp³-hybridized carbons (Fsp3) is 0.692. The van der Waals surface area contributed by atoms with Crippen molar-refractivity contribution in [2.75, 3.05) is 5.32 Å². The van der Waals surface area contributed by atoms with Crippen LogP contribution in [0.1, 0.15) is 45.4 Å². The molecule has 4 heteroatoms. The molecule has 1 N–H and O–H groups in total. The van der Waals surface area contributed by atoms with Gasteiger partial charge in [0, 0.05) is 18.5 Å². The zero-order valence-corrected chi connectivity index (χ0v) is 11.3. The predicted molar refractivity (Wildman–Crippen MR) is 71.5 cm³/mol. The highest BCUT2D eigenvalue weighted by Gasteiger charge is 2.23. The van der Waals surface area contributed by atoms with Gasteiger partial charge in [0.15, 0.2) is 0 Å². The first-order chi connectivity index (χ1) is 8.19. The molecule has 0 saturated heterocycles. The second-order valence-electron chi connectivity index (χ2n) is 4.90. The number of rotatable bonds is 4. The molecule has 1 saturated carbocycles. The molecule has 0 amide bonds. The molecule has 1 aliphatic rings. The van der Waals surface area contributed by atoms with Crippen molar-refractivity contribution in [1.82, 2.24) is 9.97 Å². The molecule has 94 valence electrons. The maximum Gasteiger partial charge on any atom is 0.134 e. The topological polar surface area (TPSA) is 37.8 Å². The molecule has 0 radical (unpaired) electrons. The Labute approximate surface area is 108 Å². The third kappa shape index (κ3) is 3.32. The van der Waals surface area contributed by atoms with Gasteiger partial charge in [-0.15, -0.1) is 0 Å². The first-order valence-electron chi connectivity index (χ1n) is 6.49. The Kier molecular flexibility index (Phi) is 4.21. The van der Waals surface area contributed by atoms with Gasteiger partial charge < -0.3 is 5.32 Å². The summed E-state index contributed by atoms with van der Waals surface area (Å²) in [6.07, 6.45) is 5.76. The number of hydrogen-bond acceptors (Lipinski definition) is 3. The monoisotopic (exact) mass is 253 g/mol. The quantitative estimate of drug-likeness (QED) is 0.832. The molecule has 2 rings (SSSR count). The van der Waals surface area contributed by atoms with Crippen molar-refractivity contribution in [1.29, 1.82) is 0 Å². The molecule has 3 nitrogen and oxygen atoms in total. The Bertz CT molecular complexity index is 381. The summed E-state index contributed by atoms with van der Waals surface area (Å²) in [7, 11) is 0. The minimum atomic E-state index is 0.537. The van der Waals surface area contributed by atoms with Crippen molar-refractivity contribution in [3.8, 4) is 0 Å². The van der Waals surface area contributed by atoms with E-state index in [1.165, 1.54) is 19.3 Å². The van der Waals surface area contributed by atoms with Crippen LogP contribution in [0, 0.1) is 5.92 Å². The molecule has 0 aliphatic heterocycles. The van der Waals surface area contributed by atoms with E-state index in [0.717, 1.165) is 30.4 Å². The van der Waals surface area contributed by atoms with Gasteiger partial charge in [-0.3, -0.25) is 0 Å². The molecule has 1 aromatic heterocycles. The number of hydrogen-bond donors (Lipinski definition) is 1. The molecule has 17 heavy (non-hydrogen) atoms. The van der Waals surface area contributed by atoms with Gasteiger partial charge in [-0.25, -0.2) is 9.97 Å². The van der Waals surface area contributed by atoms with Crippen LogP contribution in [-0.2, 0) is 6.42 Å². The Morgan fingerprint density at radius 1 is 1.41 bits per heavy atom. The third-order valence-electron chi connectivity index (χ3n) is 3.41. The van der Waals surface area contributed by atoms with Crippen LogP contribution in [0.2, 0.25) is 5.15 Å². The van der Waals surface area contributed by atoms with Crippen LogP contribution in [0.25, 0.3) is 0 Å². The minimum Gasteiger partial charge on any atom is -0.367 e. The van der Waals surface area contributed by atoms with E-state index < -0.39 is 0 Å². The van der Waals surface area contributed by atoms with Gasteiger partial charge in [0.2, 0.25) is 0 Å². The van der Waals surface area contributed by atoms with Crippen molar-refractivity contribution in [3.05, 3.63) is 17.0 Å². The maximum absolute atomic E-state index is 6.02. The molecule has 0 bridgehead atoms. The van der Waals surface area contributed by atoms with Crippen molar-refractivity contribution in [2.24, 2.45) is 5.92 Å². The highest BCUT2D eigenvalue weighted by molar-refractivity contribution is 6.29. The van der Waals surface area contributed by atoms with Crippen LogP contribution < -0.4 is 5.32 Å². The Morgan fingerprint density at radius 2 is 2.24 bits per heavy atom. The third-order valence-corrected chi connectivity index (χ3v) is 3.60. The van der Waals surface area contributed by atoms with Gasteiger partial charge in [0.25, 0.3) is 0 Å². The van der Waals surface area contributed by atoms with E-state index in [4.69, 9.17) is 11.6 Å². The summed E-state index contributed by atoms with van der Waals surface area (Å²) in [6.45, 7) is 4.41. The summed E-state index contributed by atoms with van der Waals surface area (Å²) < 4.78 is 0. The Morgan fingerprint density at radius 3 is 2.88 bits per heavy atom. The maximum atomic E-state index is 6.02. The summed E-state index contributed by atoms with van der Waals surface area (Å²) in [4.78, 5) is 8.75. The molecular formula is C13H20ClN3. The van der Waals surface area contributed by atoms with Gasteiger partial charge >= 0.3 is 0 Å². The second-order valence-corrected chi connectivity index (χ2v) is 5.29. The highest BCUT2D eigenvalue weighted by Crippen LogP contribution is 2.27. The van der Waals surface area contributed by atoms with Crippen LogP contribution in [0.5, 0.6) is 0 Å². The number of aryl methyl sites for hydroxylation is 1. The summed E-state index contributed by atoms with van der Waals surface area (Å²) in [5.41, 5.74) is 0. The van der Waals surface area contributed by atoms with E-state index in [1.807, 2.05) is 6.07 Å². The largest absolute Gasteiger partial charge is 0.367 e. The van der Waals surface area contributed by atoms with Gasteiger partial charge in [0.1, 0.15) is 16.8 Å². The van der Waals surface area contributed by atoms with Crippen molar-refractivity contribution < 1.29 is 0 Å². The molecule has 1 aromatic rings. The molecular weight excluding hydrogens is 234 g/mol. The van der Waals surface area contributed by atoms with Crippen LogP contribution in [0.3, 0.4) is 0 Å². The van der Waals surface area contributed by atoms with Crippen LogP contribution in [0.4, 0.5) is 5.82 Å². The van der Waals surface area contributed by atoms with Crippen LogP contribution >= 0.6 is 11.6 Å². The fourth-order valence-corrected chi connectivity index (χ4v) is 2.62. The Hall–Kier alpha value is -0.830. The first kappa shape index (κ1) is 12.6. The van der Waals surface area contributed by atoms with E-state index in [1.54, 1.807) is 0 Å². The van der Waals surface area contributed by atoms with E-state index >= 15 is 0 Å². The average Bonchev–Trinajstić information content (AvgIpc) is 2.64. The zero-order chi connectivity index (χ0) is 12.3.